The average molecular weight is 595 g/mol. The van der Waals surface area contributed by atoms with Crippen LogP contribution in [-0.4, -0.2) is 87.8 Å². The van der Waals surface area contributed by atoms with Crippen LogP contribution in [0.15, 0.2) is 48.5 Å². The van der Waals surface area contributed by atoms with Gasteiger partial charge in [-0.1, -0.05) is 56.7 Å². The Morgan fingerprint density at radius 1 is 1.07 bits per heavy atom. The van der Waals surface area contributed by atoms with Crippen LogP contribution in [0.3, 0.4) is 0 Å². The van der Waals surface area contributed by atoms with Crippen LogP contribution in [0.25, 0.3) is 11.3 Å². The van der Waals surface area contributed by atoms with Crippen LogP contribution < -0.4 is 5.32 Å². The van der Waals surface area contributed by atoms with Gasteiger partial charge in [-0.3, -0.25) is 19.2 Å². The van der Waals surface area contributed by atoms with E-state index in [0.717, 1.165) is 5.56 Å². The van der Waals surface area contributed by atoms with Gasteiger partial charge in [0.25, 0.3) is 17.8 Å². The number of nitrogens with one attached hydrogen (secondary N) is 1. The highest BCUT2D eigenvalue weighted by Gasteiger charge is 2.65. The summed E-state index contributed by atoms with van der Waals surface area (Å²) in [6.45, 7) is 2.01. The molecule has 2 amide bonds. The molecule has 0 saturated carbocycles. The molecule has 3 heterocycles. The van der Waals surface area contributed by atoms with Gasteiger partial charge in [-0.2, -0.15) is 0 Å². The molecule has 2 saturated heterocycles. The van der Waals surface area contributed by atoms with Crippen molar-refractivity contribution < 1.29 is 43.0 Å². The lowest BCUT2D eigenvalue weighted by molar-refractivity contribution is -0.204. The Hall–Kier alpha value is -4.10. The molecule has 2 aromatic rings. The number of fused-ring (bicyclic) bond motifs is 2. The number of Topliss-reactive ketones (excluding diaryl/α,β-unsaturated/α-hetero) is 1. The summed E-state index contributed by atoms with van der Waals surface area (Å²) in [4.78, 5) is 71.5. The Morgan fingerprint density at radius 2 is 1.77 bits per heavy atom. The molecule has 2 aliphatic rings. The molecule has 2 fully saturated rings. The second kappa shape index (κ2) is 12.6. The molecule has 0 spiro atoms. The molecule has 0 radical (unpaired) electrons. The number of nitrogens with zero attached hydrogens (tertiary/aromatic N) is 2. The molecule has 1 aromatic heterocycles. The molecule has 1 unspecified atom stereocenters. The van der Waals surface area contributed by atoms with E-state index in [-0.39, 0.29) is 24.5 Å². The molecule has 2 bridgehead atoms. The Morgan fingerprint density at radius 3 is 2.40 bits per heavy atom. The molecule has 4 rings (SSSR count). The fraction of sp³-hybridized carbons (Fsp3) is 0.467. The van der Waals surface area contributed by atoms with E-state index in [9.17, 15) is 29.1 Å². The summed E-state index contributed by atoms with van der Waals surface area (Å²) in [7, 11) is 2.97. The van der Waals surface area contributed by atoms with Gasteiger partial charge in [-0.05, 0) is 37.2 Å². The van der Waals surface area contributed by atoms with Crippen LogP contribution in [0.4, 0.5) is 0 Å². The third-order valence-corrected chi connectivity index (χ3v) is 7.68. The van der Waals surface area contributed by atoms with Crippen molar-refractivity contribution in [2.45, 2.75) is 70.0 Å². The van der Waals surface area contributed by atoms with Crippen LogP contribution in [-0.2, 0) is 28.5 Å². The molecule has 1 aromatic carbocycles. The number of hydrogen-bond donors (Lipinski definition) is 2. The van der Waals surface area contributed by atoms with Crippen molar-refractivity contribution in [3.8, 4) is 11.3 Å². The first-order valence-electron chi connectivity index (χ1n) is 14.3. The zero-order valence-electron chi connectivity index (χ0n) is 25.0. The van der Waals surface area contributed by atoms with Gasteiger partial charge in [0.1, 0.15) is 23.8 Å². The van der Waals surface area contributed by atoms with Crippen molar-refractivity contribution in [1.82, 2.24) is 15.2 Å². The van der Waals surface area contributed by atoms with E-state index in [2.05, 4.69) is 15.0 Å². The molecule has 13 heteroatoms. The normalized spacial score (nSPS) is 23.4. The number of amides is 2. The first-order chi connectivity index (χ1) is 20.2. The predicted octanol–water partition coefficient (Wildman–Crippen LogP) is 1.79. The Kier molecular flexibility index (Phi) is 9.36. The molecule has 12 nitrogen and oxygen atoms in total. The van der Waals surface area contributed by atoms with Crippen molar-refractivity contribution in [2.75, 3.05) is 14.1 Å². The van der Waals surface area contributed by atoms with Gasteiger partial charge >= 0.3 is 12.7 Å². The van der Waals surface area contributed by atoms with E-state index in [4.69, 9.17) is 9.31 Å². The van der Waals surface area contributed by atoms with Gasteiger partial charge < -0.3 is 29.3 Å². The summed E-state index contributed by atoms with van der Waals surface area (Å²) in [6.07, 6.45) is -2.30. The summed E-state index contributed by atoms with van der Waals surface area (Å²) in [5.41, 5.74) is -0.383. The van der Waals surface area contributed by atoms with Gasteiger partial charge in [-0.25, -0.2) is 4.98 Å². The fourth-order valence-electron chi connectivity index (χ4n) is 5.82. The van der Waals surface area contributed by atoms with Crippen LogP contribution in [0, 0.1) is 5.92 Å². The minimum Gasteiger partial charge on any atom is -0.718 e. The summed E-state index contributed by atoms with van der Waals surface area (Å²) in [5, 5.41) is 13.1. The highest BCUT2D eigenvalue weighted by Crippen LogP contribution is 2.45. The molecule has 2 aliphatic heterocycles. The van der Waals surface area contributed by atoms with E-state index in [1.807, 2.05) is 44.2 Å². The molecule has 5 atom stereocenters. The fourth-order valence-corrected chi connectivity index (χ4v) is 5.82. The van der Waals surface area contributed by atoms with Crippen LogP contribution in [0.1, 0.15) is 56.9 Å². The monoisotopic (exact) mass is 595 g/mol. The Labute approximate surface area is 250 Å². The van der Waals surface area contributed by atoms with Crippen LogP contribution in [0.5, 0.6) is 0 Å². The van der Waals surface area contributed by atoms with Crippen molar-refractivity contribution in [3.63, 3.8) is 0 Å². The standard InChI is InChI=1S/C30H38BN3O9/c1-18(2)14-21(31-41-25(37)16-30(43-31,17-26(38)42-31)29(40)34(4)5)15-24(36)27(19(3)35)33-28(39)23-13-9-12-22(32-23)20-10-7-6-8-11-20/h6-13,18-19,21,27,35,41H,14-17H2,1-5H3,(H,33,39)/t19-,21-,27+,30-,31?/m1/s1. The van der Waals surface area contributed by atoms with E-state index in [0.29, 0.717) is 5.69 Å². The first kappa shape index (κ1) is 31.8. The Balaban J connectivity index is 1.60. The van der Waals surface area contributed by atoms with Gasteiger partial charge in [-0.15, -0.1) is 0 Å². The highest BCUT2D eigenvalue weighted by molar-refractivity contribution is 6.66. The Bertz CT molecular complexity index is 1380. The summed E-state index contributed by atoms with van der Waals surface area (Å²) >= 11 is 0. The number of aliphatic hydroxyl groups excluding tert-OH is 1. The number of likely N-dealkylation sites (N-methyl/N-ethyl adjacent to an activating group) is 1. The predicted molar refractivity (Wildman–Crippen MR) is 156 cm³/mol. The number of pyridine rings is 1. The van der Waals surface area contributed by atoms with Gasteiger partial charge in [0, 0.05) is 24.5 Å². The highest BCUT2D eigenvalue weighted by atomic mass is 16.8. The average Bonchev–Trinajstić information content (AvgIpc) is 2.94. The van der Waals surface area contributed by atoms with E-state index in [1.54, 1.807) is 12.1 Å². The molecular weight excluding hydrogens is 557 g/mol. The van der Waals surface area contributed by atoms with E-state index < -0.39 is 72.7 Å². The number of aliphatic carboxylic acids is 1. The SMILES string of the molecule is CC(C)C[C@H](CC(=O)[C@@H](NC(=O)c1cccc(-c2ccccc2)n1)[C@@H](C)O)[B-]12OC(=O)C[C@@](C(=O)N(C)C)(CC(=O)[OH+]1)O2. The second-order valence-corrected chi connectivity index (χ2v) is 11.9. The maximum absolute atomic E-state index is 13.7. The lowest BCUT2D eigenvalue weighted by atomic mass is 9.55. The quantitative estimate of drug-likeness (QED) is 0.291. The molecular formula is C30H38BN3O9. The summed E-state index contributed by atoms with van der Waals surface area (Å²) in [6, 6.07) is 12.8. The van der Waals surface area contributed by atoms with Crippen LogP contribution >= 0.6 is 0 Å². The number of benzene rings is 1. The molecule has 0 aliphatic carbocycles. The third kappa shape index (κ3) is 6.94. The number of aliphatic hydroxyl groups is 1. The number of carbonyl (C=O) groups is 5. The number of ketones is 1. The second-order valence-electron chi connectivity index (χ2n) is 11.9. The minimum absolute atomic E-state index is 0.0470. The zero-order chi connectivity index (χ0) is 31.5. The lowest BCUT2D eigenvalue weighted by Gasteiger charge is -2.56. The summed E-state index contributed by atoms with van der Waals surface area (Å²) < 4.78 is 15.9. The number of carboxylic acids is 1. The minimum atomic E-state index is -3.10. The number of hydrogen-bond acceptors (Lipinski definition) is 9. The smallest absolute Gasteiger partial charge is 0.576 e. The van der Waals surface area contributed by atoms with E-state index >= 15 is 0 Å². The van der Waals surface area contributed by atoms with Crippen molar-refractivity contribution in [3.05, 3.63) is 54.2 Å². The molecule has 43 heavy (non-hydrogen) atoms. The molecule has 230 valence electrons. The van der Waals surface area contributed by atoms with Gasteiger partial charge in [0.05, 0.1) is 18.2 Å². The lowest BCUT2D eigenvalue weighted by Crippen LogP contribution is -2.72. The van der Waals surface area contributed by atoms with Crippen molar-refractivity contribution in [1.29, 1.82) is 0 Å². The third-order valence-electron chi connectivity index (χ3n) is 7.68. The largest absolute Gasteiger partial charge is 0.718 e. The zero-order valence-corrected chi connectivity index (χ0v) is 25.0. The summed E-state index contributed by atoms with van der Waals surface area (Å²) in [5.74, 6) is -4.26. The molecule has 3 N–H and O–H groups in total. The van der Waals surface area contributed by atoms with Crippen LogP contribution in [0.2, 0.25) is 5.82 Å². The van der Waals surface area contributed by atoms with Gasteiger partial charge in [0.15, 0.2) is 5.78 Å². The first-order valence-corrected chi connectivity index (χ1v) is 14.3. The van der Waals surface area contributed by atoms with Gasteiger partial charge in [0.2, 0.25) is 0 Å². The van der Waals surface area contributed by atoms with E-state index in [1.165, 1.54) is 32.0 Å². The maximum Gasteiger partial charge on any atom is 0.576 e. The van der Waals surface area contributed by atoms with Crippen molar-refractivity contribution >= 4 is 36.3 Å². The number of carbonyl (C=O) groups excluding carboxylic acids is 4. The van der Waals surface area contributed by atoms with Crippen molar-refractivity contribution in [2.24, 2.45) is 5.92 Å². The topological polar surface area (TPSA) is 165 Å². The number of aromatic nitrogens is 1. The maximum atomic E-state index is 13.7. The number of rotatable bonds is 11.